The number of halogens is 1. The standard InChI is InChI=1S/C23H21ClN6O2S/c1-12(28-21-20-22(26-10-25-21)33-11-27-20)17-7-13-3-2-4-16(24)18(13)19(29-17)23(31)30-14-5-6-15(30)9-32-8-14/h2-4,7,10-12,14-15H,5-6,8-9H2,1H3,(H,25,26,28). The molecule has 8 nitrogen and oxygen atoms in total. The Bertz CT molecular complexity index is 1360. The molecule has 0 radical (unpaired) electrons. The first-order valence-electron chi connectivity index (χ1n) is 10.9. The first-order valence-corrected chi connectivity index (χ1v) is 12.2. The van der Waals surface area contributed by atoms with Gasteiger partial charge in [0.25, 0.3) is 5.91 Å². The Morgan fingerprint density at radius 2 is 2.06 bits per heavy atom. The maximum Gasteiger partial charge on any atom is 0.273 e. The number of fused-ring (bicyclic) bond motifs is 4. The maximum atomic E-state index is 13.8. The van der Waals surface area contributed by atoms with Crippen LogP contribution in [0.2, 0.25) is 5.02 Å². The molecule has 168 valence electrons. The number of carbonyl (C=O) groups excluding carboxylic acids is 1. The van der Waals surface area contributed by atoms with E-state index in [4.69, 9.17) is 21.3 Å². The van der Waals surface area contributed by atoms with Gasteiger partial charge in [-0.1, -0.05) is 23.7 Å². The number of anilines is 1. The van der Waals surface area contributed by atoms with Crippen LogP contribution in [0.4, 0.5) is 5.82 Å². The second-order valence-electron chi connectivity index (χ2n) is 8.46. The van der Waals surface area contributed by atoms with Gasteiger partial charge in [-0.3, -0.25) is 4.79 Å². The number of aromatic nitrogens is 4. The molecule has 0 aliphatic carbocycles. The van der Waals surface area contributed by atoms with Crippen LogP contribution in [0.1, 0.15) is 42.0 Å². The van der Waals surface area contributed by atoms with Crippen molar-refractivity contribution >= 4 is 55.8 Å². The molecule has 2 aliphatic rings. The summed E-state index contributed by atoms with van der Waals surface area (Å²) in [5.74, 6) is 0.558. The number of rotatable bonds is 4. The monoisotopic (exact) mass is 480 g/mol. The van der Waals surface area contributed by atoms with E-state index in [2.05, 4.69) is 20.3 Å². The first-order chi connectivity index (χ1) is 16.1. The van der Waals surface area contributed by atoms with E-state index >= 15 is 0 Å². The Morgan fingerprint density at radius 3 is 2.88 bits per heavy atom. The van der Waals surface area contributed by atoms with Crippen molar-refractivity contribution in [2.45, 2.75) is 37.9 Å². The molecule has 1 amide bonds. The molecule has 1 aromatic carbocycles. The molecule has 10 heteroatoms. The van der Waals surface area contributed by atoms with Crippen molar-refractivity contribution < 1.29 is 9.53 Å². The lowest BCUT2D eigenvalue weighted by Gasteiger charge is -2.34. The molecule has 2 aliphatic heterocycles. The maximum absolute atomic E-state index is 13.8. The number of hydrogen-bond donors (Lipinski definition) is 1. The van der Waals surface area contributed by atoms with E-state index < -0.39 is 0 Å². The molecule has 2 bridgehead atoms. The number of nitrogens with zero attached hydrogens (tertiary/aromatic N) is 5. The molecular formula is C23H21ClN6O2S. The third-order valence-corrected chi connectivity index (χ3v) is 7.48. The normalized spacial score (nSPS) is 21.0. The van der Waals surface area contributed by atoms with Crippen molar-refractivity contribution in [2.75, 3.05) is 18.5 Å². The Kier molecular flexibility index (Phi) is 5.12. The van der Waals surface area contributed by atoms with Crippen LogP contribution in [0.25, 0.3) is 21.1 Å². The van der Waals surface area contributed by atoms with Crippen LogP contribution in [0.5, 0.6) is 0 Å². The Labute approximate surface area is 199 Å². The zero-order valence-corrected chi connectivity index (χ0v) is 19.4. The topological polar surface area (TPSA) is 93.1 Å². The average molecular weight is 481 g/mol. The van der Waals surface area contributed by atoms with Gasteiger partial charge in [-0.25, -0.2) is 19.9 Å². The fraction of sp³-hybridized carbons (Fsp3) is 0.348. The minimum Gasteiger partial charge on any atom is -0.377 e. The molecule has 2 fully saturated rings. The molecule has 0 spiro atoms. The van der Waals surface area contributed by atoms with Crippen LogP contribution in [0.3, 0.4) is 0 Å². The molecule has 3 unspecified atom stereocenters. The van der Waals surface area contributed by atoms with Crippen molar-refractivity contribution in [3.8, 4) is 0 Å². The molecule has 3 aromatic heterocycles. The largest absolute Gasteiger partial charge is 0.377 e. The molecular weight excluding hydrogens is 460 g/mol. The summed E-state index contributed by atoms with van der Waals surface area (Å²) in [6, 6.07) is 7.60. The fourth-order valence-electron chi connectivity index (χ4n) is 4.83. The summed E-state index contributed by atoms with van der Waals surface area (Å²) in [7, 11) is 0. The highest BCUT2D eigenvalue weighted by Gasteiger charge is 2.41. The lowest BCUT2D eigenvalue weighted by atomic mass is 10.0. The third-order valence-electron chi connectivity index (χ3n) is 6.44. The van der Waals surface area contributed by atoms with Crippen LogP contribution in [0.15, 0.2) is 36.1 Å². The number of nitrogens with one attached hydrogen (secondary N) is 1. The zero-order chi connectivity index (χ0) is 22.5. The van der Waals surface area contributed by atoms with Gasteiger partial charge in [0.2, 0.25) is 0 Å². The summed E-state index contributed by atoms with van der Waals surface area (Å²) < 4.78 is 5.67. The molecule has 33 heavy (non-hydrogen) atoms. The molecule has 4 aromatic rings. The van der Waals surface area contributed by atoms with Crippen LogP contribution < -0.4 is 5.32 Å². The number of benzene rings is 1. The highest BCUT2D eigenvalue weighted by atomic mass is 35.5. The van der Waals surface area contributed by atoms with Crippen LogP contribution in [0, 0.1) is 0 Å². The Balaban J connectivity index is 1.42. The van der Waals surface area contributed by atoms with Gasteiger partial charge in [0, 0.05) is 5.39 Å². The summed E-state index contributed by atoms with van der Waals surface area (Å²) in [6.45, 7) is 3.14. The quantitative estimate of drug-likeness (QED) is 0.460. The highest BCUT2D eigenvalue weighted by molar-refractivity contribution is 7.16. The summed E-state index contributed by atoms with van der Waals surface area (Å²) in [6.07, 6.45) is 3.43. The van der Waals surface area contributed by atoms with E-state index in [9.17, 15) is 4.79 Å². The predicted octanol–water partition coefficient (Wildman–Crippen LogP) is 4.46. The number of ether oxygens (including phenoxy) is 1. The lowest BCUT2D eigenvalue weighted by Crippen LogP contribution is -2.49. The van der Waals surface area contributed by atoms with Gasteiger partial charge in [-0.2, -0.15) is 0 Å². The third kappa shape index (κ3) is 3.51. The van der Waals surface area contributed by atoms with E-state index in [0.717, 1.165) is 34.3 Å². The SMILES string of the molecule is CC(Nc1ncnc2scnc12)c1cc2cccc(Cl)c2c(C(=O)N2C3CCC2COC3)n1. The van der Waals surface area contributed by atoms with E-state index in [0.29, 0.717) is 35.1 Å². The van der Waals surface area contributed by atoms with Gasteiger partial charge in [0.15, 0.2) is 5.82 Å². The summed E-state index contributed by atoms with van der Waals surface area (Å²) in [4.78, 5) is 34.4. The highest BCUT2D eigenvalue weighted by Crippen LogP contribution is 2.35. The molecule has 0 saturated carbocycles. The van der Waals surface area contributed by atoms with Crippen LogP contribution in [-0.4, -0.2) is 56.0 Å². The summed E-state index contributed by atoms with van der Waals surface area (Å²) >= 11 is 8.04. The van der Waals surface area contributed by atoms with Gasteiger partial charge < -0.3 is 15.0 Å². The fourth-order valence-corrected chi connectivity index (χ4v) is 5.72. The number of hydrogen-bond acceptors (Lipinski definition) is 8. The second-order valence-corrected chi connectivity index (χ2v) is 9.70. The molecule has 1 N–H and O–H groups in total. The minimum atomic E-state index is -0.221. The van der Waals surface area contributed by atoms with Gasteiger partial charge in [-0.15, -0.1) is 11.3 Å². The van der Waals surface area contributed by atoms with E-state index in [-0.39, 0.29) is 24.0 Å². The van der Waals surface area contributed by atoms with E-state index in [1.54, 1.807) is 11.6 Å². The molecule has 5 heterocycles. The van der Waals surface area contributed by atoms with Gasteiger partial charge in [-0.05, 0) is 37.3 Å². The van der Waals surface area contributed by atoms with Gasteiger partial charge in [0.1, 0.15) is 22.4 Å². The number of pyridine rings is 1. The van der Waals surface area contributed by atoms with Crippen molar-refractivity contribution in [3.05, 3.63) is 52.5 Å². The van der Waals surface area contributed by atoms with Gasteiger partial charge in [0.05, 0.1) is 47.6 Å². The average Bonchev–Trinajstić information content (AvgIpc) is 3.40. The Morgan fingerprint density at radius 1 is 1.24 bits per heavy atom. The number of thiazole rings is 1. The van der Waals surface area contributed by atoms with Gasteiger partial charge >= 0.3 is 0 Å². The predicted molar refractivity (Wildman–Crippen MR) is 128 cm³/mol. The van der Waals surface area contributed by atoms with Crippen molar-refractivity contribution in [1.82, 2.24) is 24.8 Å². The van der Waals surface area contributed by atoms with E-state index in [1.165, 1.54) is 17.7 Å². The van der Waals surface area contributed by atoms with Crippen molar-refractivity contribution in [3.63, 3.8) is 0 Å². The minimum absolute atomic E-state index is 0.0816. The molecule has 2 saturated heterocycles. The second kappa shape index (κ2) is 8.16. The Hall–Kier alpha value is -2.88. The van der Waals surface area contributed by atoms with Crippen molar-refractivity contribution in [1.29, 1.82) is 0 Å². The van der Waals surface area contributed by atoms with Crippen LogP contribution in [-0.2, 0) is 4.74 Å². The lowest BCUT2D eigenvalue weighted by molar-refractivity contribution is -0.00736. The summed E-state index contributed by atoms with van der Waals surface area (Å²) in [5.41, 5.74) is 3.59. The molecule has 3 atom stereocenters. The smallest absolute Gasteiger partial charge is 0.273 e. The van der Waals surface area contributed by atoms with Crippen LogP contribution >= 0.6 is 22.9 Å². The first kappa shape index (κ1) is 20.7. The number of morpholine rings is 1. The zero-order valence-electron chi connectivity index (χ0n) is 17.9. The number of carbonyl (C=O) groups is 1. The summed E-state index contributed by atoms with van der Waals surface area (Å²) in [5, 5.41) is 5.49. The number of amides is 1. The molecule has 6 rings (SSSR count). The van der Waals surface area contributed by atoms with Crippen molar-refractivity contribution in [2.24, 2.45) is 0 Å². The van der Waals surface area contributed by atoms with E-state index in [1.807, 2.05) is 30.0 Å².